The van der Waals surface area contributed by atoms with Crippen LogP contribution in [0.15, 0.2) is 24.3 Å². The third-order valence-corrected chi connectivity index (χ3v) is 4.66. The summed E-state index contributed by atoms with van der Waals surface area (Å²) in [4.78, 5) is 0. The number of fused-ring (bicyclic) bond motifs is 1. The third-order valence-electron chi connectivity index (χ3n) is 4.66. The quantitative estimate of drug-likeness (QED) is 0.888. The number of aliphatic hydroxyl groups is 1. The van der Waals surface area contributed by atoms with Crippen LogP contribution in [0.3, 0.4) is 0 Å². The van der Waals surface area contributed by atoms with Gasteiger partial charge in [-0.05, 0) is 60.6 Å². The molecule has 0 bridgehead atoms. The molecule has 2 aliphatic carbocycles. The Morgan fingerprint density at radius 3 is 2.16 bits per heavy atom. The fourth-order valence-electron chi connectivity index (χ4n) is 3.58. The normalized spacial score (nSPS) is 33.3. The zero-order valence-corrected chi connectivity index (χ0v) is 10.6. The fraction of sp³-hybridized carbons (Fsp3) is 0.600. The van der Waals surface area contributed by atoms with Crippen molar-refractivity contribution in [1.82, 2.24) is 0 Å². The lowest BCUT2D eigenvalue weighted by Gasteiger charge is -2.28. The highest BCUT2D eigenvalue weighted by Crippen LogP contribution is 2.60. The van der Waals surface area contributed by atoms with E-state index in [-0.39, 0.29) is 12.0 Å². The highest BCUT2D eigenvalue weighted by atomic mass is 19.4. The van der Waals surface area contributed by atoms with Gasteiger partial charge in [0.05, 0.1) is 5.56 Å². The van der Waals surface area contributed by atoms with Gasteiger partial charge in [-0.25, -0.2) is 0 Å². The van der Waals surface area contributed by atoms with Crippen molar-refractivity contribution in [1.29, 1.82) is 0 Å². The van der Waals surface area contributed by atoms with E-state index < -0.39 is 11.7 Å². The molecule has 2 aliphatic rings. The molecule has 1 N–H and O–H groups in total. The molecule has 0 heterocycles. The molecule has 0 spiro atoms. The second kappa shape index (κ2) is 4.23. The Kier molecular flexibility index (Phi) is 2.89. The average Bonchev–Trinajstić information content (AvgIpc) is 2.97. The molecule has 1 aromatic carbocycles. The van der Waals surface area contributed by atoms with E-state index in [9.17, 15) is 18.3 Å². The highest BCUT2D eigenvalue weighted by Gasteiger charge is 2.53. The minimum atomic E-state index is -4.28. The molecule has 0 radical (unpaired) electrons. The first-order valence-corrected chi connectivity index (χ1v) is 6.69. The van der Waals surface area contributed by atoms with Gasteiger partial charge in [0.15, 0.2) is 0 Å². The number of benzene rings is 1. The van der Waals surface area contributed by atoms with Gasteiger partial charge in [0.2, 0.25) is 0 Å². The monoisotopic (exact) mass is 270 g/mol. The third kappa shape index (κ3) is 2.50. The molecule has 0 amide bonds. The minimum absolute atomic E-state index is 0.0899. The predicted octanol–water partition coefficient (Wildman–Crippen LogP) is 3.66. The summed E-state index contributed by atoms with van der Waals surface area (Å²) < 4.78 is 37.4. The van der Waals surface area contributed by atoms with Crippen LogP contribution in [0.4, 0.5) is 13.2 Å². The van der Waals surface area contributed by atoms with Gasteiger partial charge in [-0.15, -0.1) is 0 Å². The van der Waals surface area contributed by atoms with Crippen LogP contribution in [0.2, 0.25) is 0 Å². The van der Waals surface area contributed by atoms with Gasteiger partial charge >= 0.3 is 6.18 Å². The van der Waals surface area contributed by atoms with E-state index in [4.69, 9.17) is 0 Å². The van der Waals surface area contributed by atoms with Crippen molar-refractivity contribution in [2.45, 2.75) is 31.9 Å². The van der Waals surface area contributed by atoms with E-state index >= 15 is 0 Å². The molecule has 0 saturated heterocycles. The van der Waals surface area contributed by atoms with Gasteiger partial charge < -0.3 is 5.11 Å². The van der Waals surface area contributed by atoms with Crippen molar-refractivity contribution in [3.05, 3.63) is 35.4 Å². The molecule has 2 fully saturated rings. The lowest BCUT2D eigenvalue weighted by Crippen LogP contribution is -2.26. The SMILES string of the molecule is OCC1(Cc2ccc(C(F)(F)F)cc2)CC2CC2C1. The van der Waals surface area contributed by atoms with Crippen molar-refractivity contribution in [3.8, 4) is 0 Å². The molecule has 1 aromatic rings. The Labute approximate surface area is 110 Å². The molecule has 4 heteroatoms. The van der Waals surface area contributed by atoms with E-state index in [0.29, 0.717) is 6.42 Å². The van der Waals surface area contributed by atoms with Gasteiger partial charge in [0.25, 0.3) is 0 Å². The van der Waals surface area contributed by atoms with Crippen molar-refractivity contribution in [3.63, 3.8) is 0 Å². The Hall–Kier alpha value is -1.03. The summed E-state index contributed by atoms with van der Waals surface area (Å²) >= 11 is 0. The molecule has 104 valence electrons. The average molecular weight is 270 g/mol. The molecule has 1 nitrogen and oxygen atoms in total. The summed E-state index contributed by atoms with van der Waals surface area (Å²) in [5.74, 6) is 1.50. The van der Waals surface area contributed by atoms with Crippen LogP contribution in [-0.2, 0) is 12.6 Å². The number of halogens is 3. The molecule has 0 aromatic heterocycles. The Bertz CT molecular complexity index is 453. The zero-order chi connectivity index (χ0) is 13.7. The van der Waals surface area contributed by atoms with Crippen LogP contribution in [0.1, 0.15) is 30.4 Å². The van der Waals surface area contributed by atoms with Crippen LogP contribution >= 0.6 is 0 Å². The molecule has 2 saturated carbocycles. The van der Waals surface area contributed by atoms with Gasteiger partial charge in [-0.1, -0.05) is 12.1 Å². The van der Waals surface area contributed by atoms with E-state index in [2.05, 4.69) is 0 Å². The Morgan fingerprint density at radius 1 is 1.11 bits per heavy atom. The summed E-state index contributed by atoms with van der Waals surface area (Å²) in [7, 11) is 0. The fourth-order valence-corrected chi connectivity index (χ4v) is 3.58. The highest BCUT2D eigenvalue weighted by molar-refractivity contribution is 5.26. The van der Waals surface area contributed by atoms with Gasteiger partial charge in [0, 0.05) is 6.61 Å². The zero-order valence-electron chi connectivity index (χ0n) is 10.6. The van der Waals surface area contributed by atoms with Crippen LogP contribution in [0, 0.1) is 17.3 Å². The van der Waals surface area contributed by atoms with Crippen molar-refractivity contribution in [2.75, 3.05) is 6.61 Å². The lowest BCUT2D eigenvalue weighted by molar-refractivity contribution is -0.137. The molecular weight excluding hydrogens is 253 g/mol. The second-order valence-corrected chi connectivity index (χ2v) is 6.19. The first-order valence-electron chi connectivity index (χ1n) is 6.69. The van der Waals surface area contributed by atoms with Gasteiger partial charge in [0.1, 0.15) is 0 Å². The molecule has 2 unspecified atom stereocenters. The van der Waals surface area contributed by atoms with Crippen LogP contribution in [0.25, 0.3) is 0 Å². The summed E-state index contributed by atoms with van der Waals surface area (Å²) in [6.07, 6.45) is -0.268. The van der Waals surface area contributed by atoms with Crippen molar-refractivity contribution < 1.29 is 18.3 Å². The molecule has 2 atom stereocenters. The second-order valence-electron chi connectivity index (χ2n) is 6.19. The number of alkyl halides is 3. The molecule has 19 heavy (non-hydrogen) atoms. The smallest absolute Gasteiger partial charge is 0.396 e. The summed E-state index contributed by atoms with van der Waals surface area (Å²) in [6, 6.07) is 5.36. The van der Waals surface area contributed by atoms with Crippen molar-refractivity contribution in [2.24, 2.45) is 17.3 Å². The maximum Gasteiger partial charge on any atom is 0.416 e. The summed E-state index contributed by atoms with van der Waals surface area (Å²) in [5.41, 5.74) is 0.194. The molecule has 0 aliphatic heterocycles. The van der Waals surface area contributed by atoms with E-state index in [0.717, 1.165) is 42.4 Å². The minimum Gasteiger partial charge on any atom is -0.396 e. The first-order chi connectivity index (χ1) is 8.92. The first kappa shape index (κ1) is 13.0. The number of aliphatic hydroxyl groups excluding tert-OH is 1. The summed E-state index contributed by atoms with van der Waals surface area (Å²) in [5, 5.41) is 9.62. The molecular formula is C15H17F3O. The van der Waals surface area contributed by atoms with E-state index in [1.54, 1.807) is 12.1 Å². The Balaban J connectivity index is 1.73. The molecule has 3 rings (SSSR count). The summed E-state index contributed by atoms with van der Waals surface area (Å²) in [6.45, 7) is 0.140. The van der Waals surface area contributed by atoms with Gasteiger partial charge in [-0.3, -0.25) is 0 Å². The van der Waals surface area contributed by atoms with Gasteiger partial charge in [-0.2, -0.15) is 13.2 Å². The van der Waals surface area contributed by atoms with E-state index in [1.807, 2.05) is 0 Å². The lowest BCUT2D eigenvalue weighted by atomic mass is 9.78. The Morgan fingerprint density at radius 2 is 1.68 bits per heavy atom. The number of rotatable bonds is 3. The van der Waals surface area contributed by atoms with E-state index in [1.165, 1.54) is 6.42 Å². The van der Waals surface area contributed by atoms with Crippen LogP contribution < -0.4 is 0 Å². The topological polar surface area (TPSA) is 20.2 Å². The van der Waals surface area contributed by atoms with Crippen LogP contribution in [0.5, 0.6) is 0 Å². The predicted molar refractivity (Wildman–Crippen MR) is 65.5 cm³/mol. The number of hydrogen-bond donors (Lipinski definition) is 1. The standard InChI is InChI=1S/C15H17F3O/c16-15(17,18)13-3-1-10(2-4-13)6-14(9-19)7-11-5-12(11)8-14/h1-4,11-12,19H,5-9H2. The maximum absolute atomic E-state index is 12.5. The number of hydrogen-bond acceptors (Lipinski definition) is 1. The largest absolute Gasteiger partial charge is 0.416 e. The van der Waals surface area contributed by atoms with Crippen LogP contribution in [-0.4, -0.2) is 11.7 Å². The maximum atomic E-state index is 12.5. The van der Waals surface area contributed by atoms with Crippen molar-refractivity contribution >= 4 is 0 Å².